The molecule has 1 aliphatic carbocycles. The van der Waals surface area contributed by atoms with Crippen LogP contribution in [0.1, 0.15) is 52.4 Å². The normalized spacial score (nSPS) is 19.9. The number of carbonyl (C=O) groups excluding carboxylic acids is 1. The van der Waals surface area contributed by atoms with Crippen LogP contribution in [0.2, 0.25) is 0 Å². The molecule has 0 radical (unpaired) electrons. The maximum Gasteiger partial charge on any atom is 0.306 e. The van der Waals surface area contributed by atoms with E-state index in [9.17, 15) is 4.79 Å². The fraction of sp³-hybridized carbons (Fsp3) is 0.917. The number of ether oxygens (including phenoxy) is 1. The van der Waals surface area contributed by atoms with Gasteiger partial charge in [-0.3, -0.25) is 4.79 Å². The van der Waals surface area contributed by atoms with Crippen LogP contribution in [-0.2, 0) is 9.53 Å². The molecule has 0 bridgehead atoms. The fourth-order valence-electron chi connectivity index (χ4n) is 2.03. The van der Waals surface area contributed by atoms with E-state index in [0.717, 1.165) is 5.25 Å². The van der Waals surface area contributed by atoms with Gasteiger partial charge in [0.2, 0.25) is 0 Å². The van der Waals surface area contributed by atoms with Crippen LogP contribution in [0.15, 0.2) is 0 Å². The molecule has 1 unspecified atom stereocenters. The lowest BCUT2D eigenvalue weighted by Crippen LogP contribution is -2.16. The first-order chi connectivity index (χ1) is 7.22. The Hall–Kier alpha value is -0.180. The van der Waals surface area contributed by atoms with Crippen molar-refractivity contribution in [2.24, 2.45) is 0 Å². The van der Waals surface area contributed by atoms with Crippen LogP contribution in [0.5, 0.6) is 0 Å². The first-order valence-corrected chi connectivity index (χ1v) is 6.97. The van der Waals surface area contributed by atoms with Crippen LogP contribution in [0.4, 0.5) is 0 Å². The minimum absolute atomic E-state index is 0.0479. The van der Waals surface area contributed by atoms with E-state index in [1.54, 1.807) is 0 Å². The summed E-state index contributed by atoms with van der Waals surface area (Å²) in [4.78, 5) is 11.3. The first-order valence-electron chi connectivity index (χ1n) is 6.03. The molecule has 0 heterocycles. The van der Waals surface area contributed by atoms with Crippen molar-refractivity contribution in [3.8, 4) is 0 Å². The summed E-state index contributed by atoms with van der Waals surface area (Å²) in [6.07, 6.45) is 7.35. The third kappa shape index (κ3) is 5.45. The zero-order valence-electron chi connectivity index (χ0n) is 9.83. The molecule has 1 aliphatic rings. The lowest BCUT2D eigenvalue weighted by molar-refractivity contribution is -0.142. The van der Waals surface area contributed by atoms with Crippen molar-refractivity contribution in [2.45, 2.75) is 62.9 Å². The van der Waals surface area contributed by atoms with Crippen LogP contribution in [0.3, 0.4) is 0 Å². The van der Waals surface area contributed by atoms with Crippen molar-refractivity contribution in [1.82, 2.24) is 0 Å². The quantitative estimate of drug-likeness (QED) is 0.677. The van der Waals surface area contributed by atoms with Crippen LogP contribution < -0.4 is 0 Å². The smallest absolute Gasteiger partial charge is 0.306 e. The molecule has 15 heavy (non-hydrogen) atoms. The average Bonchev–Trinajstić information content (AvgIpc) is 2.19. The predicted molar refractivity (Wildman–Crippen MR) is 65.2 cm³/mol. The molecule has 0 amide bonds. The van der Waals surface area contributed by atoms with Gasteiger partial charge < -0.3 is 4.74 Å². The molecule has 0 aromatic rings. The Kier molecular flexibility index (Phi) is 6.15. The Balaban J connectivity index is 2.16. The summed E-state index contributed by atoms with van der Waals surface area (Å²) in [5.41, 5.74) is 0. The second-order valence-corrected chi connectivity index (χ2v) is 5.96. The van der Waals surface area contributed by atoms with Gasteiger partial charge in [-0.15, -0.1) is 0 Å². The molecule has 1 fully saturated rings. The Morgan fingerprint density at radius 2 is 2.07 bits per heavy atom. The number of esters is 1. The van der Waals surface area contributed by atoms with E-state index >= 15 is 0 Å². The van der Waals surface area contributed by atoms with Gasteiger partial charge in [-0.1, -0.05) is 26.2 Å². The summed E-state index contributed by atoms with van der Waals surface area (Å²) in [5, 5.41) is 1.19. The van der Waals surface area contributed by atoms with Crippen molar-refractivity contribution in [2.75, 3.05) is 6.61 Å². The standard InChI is InChI=1S/C12H22O2S/c1-3-14-12(13)9-10(2)15-11-7-5-4-6-8-11/h10-11H,3-9H2,1-2H3. The monoisotopic (exact) mass is 230 g/mol. The van der Waals surface area contributed by atoms with Gasteiger partial charge in [0.1, 0.15) is 0 Å². The molecule has 0 aliphatic heterocycles. The number of carbonyl (C=O) groups is 1. The number of hydrogen-bond donors (Lipinski definition) is 0. The highest BCUT2D eigenvalue weighted by Crippen LogP contribution is 2.32. The molecule has 88 valence electrons. The Labute approximate surface area is 97.1 Å². The van der Waals surface area contributed by atoms with Gasteiger partial charge in [0.15, 0.2) is 0 Å². The summed E-state index contributed by atoms with van der Waals surface area (Å²) < 4.78 is 4.95. The topological polar surface area (TPSA) is 26.3 Å². The van der Waals surface area contributed by atoms with Gasteiger partial charge in [0.05, 0.1) is 13.0 Å². The first kappa shape index (κ1) is 12.9. The van der Waals surface area contributed by atoms with Gasteiger partial charge >= 0.3 is 5.97 Å². The van der Waals surface area contributed by atoms with Crippen LogP contribution >= 0.6 is 11.8 Å². The molecule has 1 rings (SSSR count). The molecule has 0 N–H and O–H groups in total. The summed E-state index contributed by atoms with van der Waals surface area (Å²) in [7, 11) is 0. The molecule has 0 aromatic carbocycles. The minimum atomic E-state index is -0.0479. The Morgan fingerprint density at radius 3 is 2.67 bits per heavy atom. The van der Waals surface area contributed by atoms with E-state index in [4.69, 9.17) is 4.74 Å². The van der Waals surface area contributed by atoms with E-state index in [-0.39, 0.29) is 5.97 Å². The second-order valence-electron chi connectivity index (χ2n) is 4.22. The van der Waals surface area contributed by atoms with Crippen molar-refractivity contribution in [3.63, 3.8) is 0 Å². The van der Waals surface area contributed by atoms with Crippen molar-refractivity contribution in [1.29, 1.82) is 0 Å². The molecule has 1 saturated carbocycles. The lowest BCUT2D eigenvalue weighted by Gasteiger charge is -2.23. The van der Waals surface area contributed by atoms with E-state index in [1.807, 2.05) is 18.7 Å². The number of rotatable bonds is 5. The third-order valence-corrected chi connectivity index (χ3v) is 4.22. The molecule has 3 heteroatoms. The molecule has 1 atom stereocenters. The van der Waals surface area contributed by atoms with Crippen LogP contribution in [0.25, 0.3) is 0 Å². The zero-order valence-corrected chi connectivity index (χ0v) is 10.6. The molecule has 2 nitrogen and oxygen atoms in total. The average molecular weight is 230 g/mol. The largest absolute Gasteiger partial charge is 0.466 e. The van der Waals surface area contributed by atoms with E-state index in [2.05, 4.69) is 6.92 Å². The van der Waals surface area contributed by atoms with Crippen LogP contribution in [-0.4, -0.2) is 23.1 Å². The third-order valence-electron chi connectivity index (χ3n) is 2.74. The van der Waals surface area contributed by atoms with E-state index in [1.165, 1.54) is 32.1 Å². The van der Waals surface area contributed by atoms with Gasteiger partial charge in [-0.05, 0) is 19.8 Å². The summed E-state index contributed by atoms with van der Waals surface area (Å²) in [5.74, 6) is -0.0479. The maximum absolute atomic E-state index is 11.3. The Bertz CT molecular complexity index is 188. The number of thioether (sulfide) groups is 1. The van der Waals surface area contributed by atoms with Crippen LogP contribution in [0, 0.1) is 0 Å². The highest BCUT2D eigenvalue weighted by molar-refractivity contribution is 8.00. The molecule has 0 saturated heterocycles. The molecule has 0 aromatic heterocycles. The zero-order chi connectivity index (χ0) is 11.1. The van der Waals surface area contributed by atoms with Crippen molar-refractivity contribution in [3.05, 3.63) is 0 Å². The minimum Gasteiger partial charge on any atom is -0.466 e. The lowest BCUT2D eigenvalue weighted by atomic mass is 10.0. The van der Waals surface area contributed by atoms with E-state index in [0.29, 0.717) is 18.3 Å². The molecular formula is C12H22O2S. The van der Waals surface area contributed by atoms with Gasteiger partial charge in [-0.2, -0.15) is 11.8 Å². The Morgan fingerprint density at radius 1 is 1.40 bits per heavy atom. The SMILES string of the molecule is CCOC(=O)CC(C)SC1CCCCC1. The maximum atomic E-state index is 11.3. The van der Waals surface area contributed by atoms with E-state index < -0.39 is 0 Å². The van der Waals surface area contributed by atoms with Gasteiger partial charge in [0, 0.05) is 10.5 Å². The highest BCUT2D eigenvalue weighted by atomic mass is 32.2. The van der Waals surface area contributed by atoms with Gasteiger partial charge in [-0.25, -0.2) is 0 Å². The molecule has 0 spiro atoms. The van der Waals surface area contributed by atoms with Crippen molar-refractivity contribution < 1.29 is 9.53 Å². The summed E-state index contributed by atoms with van der Waals surface area (Å²) >= 11 is 1.97. The number of hydrogen-bond acceptors (Lipinski definition) is 3. The molecular weight excluding hydrogens is 208 g/mol. The van der Waals surface area contributed by atoms with Gasteiger partial charge in [0.25, 0.3) is 0 Å². The second kappa shape index (κ2) is 7.15. The fourth-order valence-corrected chi connectivity index (χ4v) is 3.53. The van der Waals surface area contributed by atoms with Crippen molar-refractivity contribution >= 4 is 17.7 Å². The summed E-state index contributed by atoms with van der Waals surface area (Å²) in [6, 6.07) is 0. The predicted octanol–water partition coefficient (Wildman–Crippen LogP) is 3.39. The summed E-state index contributed by atoms with van der Waals surface area (Å²) in [6.45, 7) is 4.49. The highest BCUT2D eigenvalue weighted by Gasteiger charge is 2.18.